The third kappa shape index (κ3) is 2.31. The molecule has 1 heterocycles. The van der Waals surface area contributed by atoms with Gasteiger partial charge in [-0.15, -0.1) is 11.3 Å². The molecule has 1 N–H and O–H groups in total. The number of aryl methyl sites for hydroxylation is 1. The average molecular weight is 239 g/mol. The molecule has 1 fully saturated rings. The molecule has 0 saturated heterocycles. The highest BCUT2D eigenvalue weighted by Crippen LogP contribution is 2.42. The molecule has 1 aliphatic rings. The molecule has 0 aromatic carbocycles. The van der Waals surface area contributed by atoms with Crippen molar-refractivity contribution in [2.24, 2.45) is 0 Å². The van der Waals surface area contributed by atoms with E-state index in [0.717, 1.165) is 6.42 Å². The Morgan fingerprint density at radius 1 is 1.56 bits per heavy atom. The molecule has 16 heavy (non-hydrogen) atoms. The van der Waals surface area contributed by atoms with Gasteiger partial charge >= 0.3 is 0 Å². The smallest absolute Gasteiger partial charge is 0.0697 e. The van der Waals surface area contributed by atoms with Crippen LogP contribution in [0, 0.1) is 6.92 Å². The Labute approximate surface area is 102 Å². The van der Waals surface area contributed by atoms with Crippen molar-refractivity contribution in [2.75, 3.05) is 14.2 Å². The first-order valence-electron chi connectivity index (χ1n) is 5.96. The molecule has 0 spiro atoms. The van der Waals surface area contributed by atoms with Gasteiger partial charge in [-0.1, -0.05) is 0 Å². The maximum atomic E-state index is 5.70. The molecule has 1 atom stereocenters. The van der Waals surface area contributed by atoms with E-state index in [1.807, 2.05) is 25.5 Å². The second-order valence-electron chi connectivity index (χ2n) is 4.78. The van der Waals surface area contributed by atoms with Crippen molar-refractivity contribution in [1.29, 1.82) is 0 Å². The molecule has 3 heteroatoms. The lowest BCUT2D eigenvalue weighted by Crippen LogP contribution is -2.42. The van der Waals surface area contributed by atoms with Crippen molar-refractivity contribution in [3.05, 3.63) is 21.9 Å². The Morgan fingerprint density at radius 3 is 2.69 bits per heavy atom. The fourth-order valence-corrected chi connectivity index (χ4v) is 3.23. The molecule has 0 aliphatic heterocycles. The molecule has 1 aliphatic carbocycles. The Hall–Kier alpha value is -0.380. The van der Waals surface area contributed by atoms with Crippen LogP contribution < -0.4 is 5.32 Å². The normalized spacial score (nSPS) is 20.4. The Balaban J connectivity index is 2.05. The van der Waals surface area contributed by atoms with Crippen LogP contribution in [0.3, 0.4) is 0 Å². The zero-order chi connectivity index (χ0) is 11.6. The lowest BCUT2D eigenvalue weighted by atomic mass is 9.75. The predicted octanol–water partition coefficient (Wildman–Crippen LogP) is 3.28. The summed E-state index contributed by atoms with van der Waals surface area (Å²) in [5.74, 6) is 0. The van der Waals surface area contributed by atoms with Gasteiger partial charge in [-0.2, -0.15) is 0 Å². The molecule has 1 unspecified atom stereocenters. The molecule has 0 bridgehead atoms. The number of methoxy groups -OCH3 is 1. The topological polar surface area (TPSA) is 21.3 Å². The van der Waals surface area contributed by atoms with Gasteiger partial charge in [0.05, 0.1) is 5.60 Å². The predicted molar refractivity (Wildman–Crippen MR) is 69.1 cm³/mol. The van der Waals surface area contributed by atoms with E-state index in [2.05, 4.69) is 23.7 Å². The maximum Gasteiger partial charge on any atom is 0.0697 e. The first kappa shape index (κ1) is 12.1. The van der Waals surface area contributed by atoms with Crippen LogP contribution in [0.15, 0.2) is 11.4 Å². The highest BCUT2D eigenvalue weighted by molar-refractivity contribution is 7.10. The van der Waals surface area contributed by atoms with Crippen LogP contribution in [0.5, 0.6) is 0 Å². The van der Waals surface area contributed by atoms with E-state index < -0.39 is 0 Å². The maximum absolute atomic E-state index is 5.70. The Kier molecular flexibility index (Phi) is 3.67. The van der Waals surface area contributed by atoms with Gasteiger partial charge in [-0.3, -0.25) is 0 Å². The van der Waals surface area contributed by atoms with Crippen LogP contribution in [-0.4, -0.2) is 19.8 Å². The fourth-order valence-electron chi connectivity index (χ4n) is 2.47. The first-order chi connectivity index (χ1) is 7.69. The van der Waals surface area contributed by atoms with Gasteiger partial charge in [0.15, 0.2) is 0 Å². The van der Waals surface area contributed by atoms with Crippen LogP contribution in [0.1, 0.15) is 42.2 Å². The zero-order valence-electron chi connectivity index (χ0n) is 10.4. The van der Waals surface area contributed by atoms with Crippen molar-refractivity contribution in [3.8, 4) is 0 Å². The lowest BCUT2D eigenvalue weighted by Gasteiger charge is -2.42. The van der Waals surface area contributed by atoms with Gasteiger partial charge < -0.3 is 10.1 Å². The lowest BCUT2D eigenvalue weighted by molar-refractivity contribution is -0.0834. The summed E-state index contributed by atoms with van der Waals surface area (Å²) in [6, 6.07) is 2.72. The third-order valence-corrected chi connectivity index (χ3v) is 4.66. The Morgan fingerprint density at radius 2 is 2.31 bits per heavy atom. The van der Waals surface area contributed by atoms with Gasteiger partial charge in [0.2, 0.25) is 0 Å². The van der Waals surface area contributed by atoms with Gasteiger partial charge in [-0.05, 0) is 56.7 Å². The summed E-state index contributed by atoms with van der Waals surface area (Å²) in [4.78, 5) is 1.38. The molecule has 2 nitrogen and oxygen atoms in total. The van der Waals surface area contributed by atoms with E-state index >= 15 is 0 Å². The van der Waals surface area contributed by atoms with Gasteiger partial charge in [0, 0.05) is 18.0 Å². The second kappa shape index (κ2) is 4.86. The summed E-state index contributed by atoms with van der Waals surface area (Å²) in [5.41, 5.74) is 1.55. The van der Waals surface area contributed by atoms with Crippen molar-refractivity contribution in [3.63, 3.8) is 0 Å². The van der Waals surface area contributed by atoms with E-state index in [4.69, 9.17) is 4.74 Å². The average Bonchev–Trinajstić information content (AvgIpc) is 2.65. The summed E-state index contributed by atoms with van der Waals surface area (Å²) in [6.45, 7) is 2.16. The largest absolute Gasteiger partial charge is 0.378 e. The van der Waals surface area contributed by atoms with Crippen molar-refractivity contribution >= 4 is 11.3 Å². The standard InChI is InChI=1S/C13H21NOS/c1-10-7-11(9-16-10)12(14-2)8-13(15-3)5-4-6-13/h7,9,12,14H,4-6,8H2,1-3H3. The van der Waals surface area contributed by atoms with Crippen LogP contribution >= 0.6 is 11.3 Å². The second-order valence-corrected chi connectivity index (χ2v) is 5.89. The molecule has 1 saturated carbocycles. The Bertz CT molecular complexity index is 338. The molecule has 0 radical (unpaired) electrons. The van der Waals surface area contributed by atoms with E-state index in [-0.39, 0.29) is 5.60 Å². The van der Waals surface area contributed by atoms with Crippen molar-refractivity contribution in [1.82, 2.24) is 5.32 Å². The minimum Gasteiger partial charge on any atom is -0.378 e. The van der Waals surface area contributed by atoms with E-state index in [0.29, 0.717) is 6.04 Å². The number of hydrogen-bond acceptors (Lipinski definition) is 3. The molecule has 2 rings (SSSR count). The quantitative estimate of drug-likeness (QED) is 0.851. The summed E-state index contributed by atoms with van der Waals surface area (Å²) < 4.78 is 5.70. The summed E-state index contributed by atoms with van der Waals surface area (Å²) in [5, 5.41) is 5.68. The van der Waals surface area contributed by atoms with E-state index in [1.54, 1.807) is 0 Å². The number of ether oxygens (including phenoxy) is 1. The van der Waals surface area contributed by atoms with E-state index in [9.17, 15) is 0 Å². The number of nitrogens with one attached hydrogen (secondary N) is 1. The molecular weight excluding hydrogens is 218 g/mol. The number of hydrogen-bond donors (Lipinski definition) is 1. The van der Waals surface area contributed by atoms with Gasteiger partial charge in [0.1, 0.15) is 0 Å². The van der Waals surface area contributed by atoms with Crippen LogP contribution in [0.2, 0.25) is 0 Å². The molecule has 0 amide bonds. The third-order valence-electron chi connectivity index (χ3n) is 3.78. The summed E-state index contributed by atoms with van der Waals surface area (Å²) in [6.07, 6.45) is 4.83. The monoisotopic (exact) mass is 239 g/mol. The minimum atomic E-state index is 0.142. The highest BCUT2D eigenvalue weighted by Gasteiger charge is 2.39. The highest BCUT2D eigenvalue weighted by atomic mass is 32.1. The fraction of sp³-hybridized carbons (Fsp3) is 0.692. The SMILES string of the molecule is CNC(CC1(OC)CCC1)c1csc(C)c1. The summed E-state index contributed by atoms with van der Waals surface area (Å²) >= 11 is 1.83. The van der Waals surface area contributed by atoms with Crippen LogP contribution in [-0.2, 0) is 4.74 Å². The minimum absolute atomic E-state index is 0.142. The van der Waals surface area contributed by atoms with Crippen LogP contribution in [0.25, 0.3) is 0 Å². The molecule has 1 aromatic rings. The van der Waals surface area contributed by atoms with Crippen molar-refractivity contribution in [2.45, 2.75) is 44.2 Å². The van der Waals surface area contributed by atoms with Crippen LogP contribution in [0.4, 0.5) is 0 Å². The number of rotatable bonds is 5. The molecular formula is C13H21NOS. The molecule has 90 valence electrons. The van der Waals surface area contributed by atoms with Gasteiger partial charge in [-0.25, -0.2) is 0 Å². The number of thiophene rings is 1. The van der Waals surface area contributed by atoms with Crippen molar-refractivity contribution < 1.29 is 4.74 Å². The zero-order valence-corrected chi connectivity index (χ0v) is 11.2. The first-order valence-corrected chi connectivity index (χ1v) is 6.84. The van der Waals surface area contributed by atoms with E-state index in [1.165, 1.54) is 29.7 Å². The molecule has 1 aromatic heterocycles. The summed E-state index contributed by atoms with van der Waals surface area (Å²) in [7, 11) is 3.89. The van der Waals surface area contributed by atoms with Gasteiger partial charge in [0.25, 0.3) is 0 Å².